The van der Waals surface area contributed by atoms with E-state index in [-0.39, 0.29) is 23.6 Å². The SMILES string of the molecule is COC(=O)c1ccc(C[C@H](C)C(=O)CCl)cc1. The van der Waals surface area contributed by atoms with Crippen LogP contribution < -0.4 is 0 Å². The standard InChI is InChI=1S/C13H15ClO3/c1-9(12(15)8-14)7-10-3-5-11(6-4-10)13(16)17-2/h3-6,9H,7-8H2,1-2H3/t9-/m0/s1. The van der Waals surface area contributed by atoms with Crippen LogP contribution >= 0.6 is 11.6 Å². The zero-order valence-corrected chi connectivity index (χ0v) is 10.7. The second-order valence-corrected chi connectivity index (χ2v) is 4.16. The van der Waals surface area contributed by atoms with E-state index in [2.05, 4.69) is 4.74 Å². The zero-order chi connectivity index (χ0) is 12.8. The van der Waals surface area contributed by atoms with Crippen LogP contribution in [0, 0.1) is 5.92 Å². The highest BCUT2D eigenvalue weighted by molar-refractivity contribution is 6.27. The van der Waals surface area contributed by atoms with Crippen molar-refractivity contribution in [2.75, 3.05) is 13.0 Å². The smallest absolute Gasteiger partial charge is 0.337 e. The molecule has 0 aliphatic carbocycles. The number of Topliss-reactive ketones (excluding diaryl/α,β-unsaturated/α-hetero) is 1. The molecule has 4 heteroatoms. The van der Waals surface area contributed by atoms with Gasteiger partial charge in [0.25, 0.3) is 0 Å². The molecule has 0 fully saturated rings. The van der Waals surface area contributed by atoms with Crippen LogP contribution in [0.15, 0.2) is 24.3 Å². The molecular weight excluding hydrogens is 240 g/mol. The first-order valence-corrected chi connectivity index (χ1v) is 5.88. The molecule has 0 aromatic heterocycles. The fourth-order valence-electron chi connectivity index (χ4n) is 1.49. The summed E-state index contributed by atoms with van der Waals surface area (Å²) in [6.45, 7) is 1.85. The molecule has 3 nitrogen and oxygen atoms in total. The Morgan fingerprint density at radius 3 is 2.35 bits per heavy atom. The molecule has 0 aliphatic rings. The van der Waals surface area contributed by atoms with E-state index in [0.29, 0.717) is 12.0 Å². The molecule has 0 saturated carbocycles. The number of carbonyl (C=O) groups excluding carboxylic acids is 2. The summed E-state index contributed by atoms with van der Waals surface area (Å²) in [5.41, 5.74) is 1.51. The van der Waals surface area contributed by atoms with Crippen molar-refractivity contribution in [2.45, 2.75) is 13.3 Å². The van der Waals surface area contributed by atoms with Gasteiger partial charge in [0.2, 0.25) is 0 Å². The van der Waals surface area contributed by atoms with Gasteiger partial charge in [-0.25, -0.2) is 4.79 Å². The molecule has 0 spiro atoms. The highest BCUT2D eigenvalue weighted by Gasteiger charge is 2.12. The third kappa shape index (κ3) is 3.86. The Morgan fingerprint density at radius 1 is 1.29 bits per heavy atom. The van der Waals surface area contributed by atoms with Gasteiger partial charge in [-0.05, 0) is 24.1 Å². The zero-order valence-electron chi connectivity index (χ0n) is 9.90. The maximum absolute atomic E-state index is 11.3. The number of rotatable bonds is 5. The Bertz CT molecular complexity index is 398. The van der Waals surface area contributed by atoms with Gasteiger partial charge in [0.05, 0.1) is 18.6 Å². The van der Waals surface area contributed by atoms with Crippen LogP contribution in [-0.4, -0.2) is 24.7 Å². The van der Waals surface area contributed by atoms with Crippen molar-refractivity contribution in [3.05, 3.63) is 35.4 Å². The monoisotopic (exact) mass is 254 g/mol. The highest BCUT2D eigenvalue weighted by atomic mass is 35.5. The number of ketones is 1. The van der Waals surface area contributed by atoms with Gasteiger partial charge < -0.3 is 4.74 Å². The van der Waals surface area contributed by atoms with Gasteiger partial charge >= 0.3 is 5.97 Å². The molecule has 0 radical (unpaired) electrons. The maximum atomic E-state index is 11.3. The molecular formula is C13H15ClO3. The highest BCUT2D eigenvalue weighted by Crippen LogP contribution is 2.12. The second kappa shape index (κ2) is 6.40. The van der Waals surface area contributed by atoms with Crippen LogP contribution in [0.2, 0.25) is 0 Å². The molecule has 0 N–H and O–H groups in total. The van der Waals surface area contributed by atoms with Gasteiger partial charge in [-0.1, -0.05) is 19.1 Å². The molecule has 0 saturated heterocycles. The summed E-state index contributed by atoms with van der Waals surface area (Å²) >= 11 is 5.49. The molecule has 0 amide bonds. The number of halogens is 1. The van der Waals surface area contributed by atoms with E-state index in [9.17, 15) is 9.59 Å². The number of carbonyl (C=O) groups is 2. The minimum Gasteiger partial charge on any atom is -0.465 e. The van der Waals surface area contributed by atoms with Gasteiger partial charge in [0.1, 0.15) is 0 Å². The lowest BCUT2D eigenvalue weighted by Crippen LogP contribution is -2.14. The lowest BCUT2D eigenvalue weighted by Gasteiger charge is -2.08. The minimum absolute atomic E-state index is 0.0312. The predicted molar refractivity (Wildman–Crippen MR) is 66.4 cm³/mol. The van der Waals surface area contributed by atoms with E-state index in [1.807, 2.05) is 19.1 Å². The van der Waals surface area contributed by atoms with Crippen LogP contribution in [0.25, 0.3) is 0 Å². The topological polar surface area (TPSA) is 43.4 Å². The van der Waals surface area contributed by atoms with Crippen LogP contribution in [0.4, 0.5) is 0 Å². The Kier molecular flexibility index (Phi) is 5.16. The quantitative estimate of drug-likeness (QED) is 0.599. The van der Waals surface area contributed by atoms with Crippen molar-refractivity contribution >= 4 is 23.4 Å². The first-order valence-electron chi connectivity index (χ1n) is 5.34. The van der Waals surface area contributed by atoms with E-state index in [1.165, 1.54) is 7.11 Å². The molecule has 0 unspecified atom stereocenters. The van der Waals surface area contributed by atoms with E-state index >= 15 is 0 Å². The number of hydrogen-bond acceptors (Lipinski definition) is 3. The first-order chi connectivity index (χ1) is 8.08. The van der Waals surface area contributed by atoms with E-state index in [0.717, 1.165) is 5.56 Å². The third-order valence-corrected chi connectivity index (χ3v) is 2.86. The van der Waals surface area contributed by atoms with Crippen LogP contribution in [0.1, 0.15) is 22.8 Å². The van der Waals surface area contributed by atoms with Crippen LogP contribution in [0.3, 0.4) is 0 Å². The van der Waals surface area contributed by atoms with Gasteiger partial charge in [0.15, 0.2) is 5.78 Å². The average molecular weight is 255 g/mol. The van der Waals surface area contributed by atoms with Crippen molar-refractivity contribution in [3.8, 4) is 0 Å². The Balaban J connectivity index is 2.68. The van der Waals surface area contributed by atoms with Crippen molar-refractivity contribution in [1.82, 2.24) is 0 Å². The lowest BCUT2D eigenvalue weighted by molar-refractivity contribution is -0.119. The number of esters is 1. The van der Waals surface area contributed by atoms with Gasteiger partial charge in [-0.2, -0.15) is 0 Å². The third-order valence-electron chi connectivity index (χ3n) is 2.60. The molecule has 92 valence electrons. The molecule has 1 rings (SSSR count). The first kappa shape index (κ1) is 13.7. The Hall–Kier alpha value is -1.35. The molecule has 0 aliphatic heterocycles. The maximum Gasteiger partial charge on any atom is 0.337 e. The normalized spacial score (nSPS) is 11.9. The predicted octanol–water partition coefficient (Wildman–Crippen LogP) is 2.46. The Labute approximate surface area is 106 Å². The molecule has 1 aromatic rings. The van der Waals surface area contributed by atoms with E-state index < -0.39 is 0 Å². The number of methoxy groups -OCH3 is 1. The summed E-state index contributed by atoms with van der Waals surface area (Å²) in [4.78, 5) is 22.5. The molecule has 0 heterocycles. The van der Waals surface area contributed by atoms with Crippen LogP contribution in [0.5, 0.6) is 0 Å². The summed E-state index contributed by atoms with van der Waals surface area (Å²) in [6.07, 6.45) is 0.632. The summed E-state index contributed by atoms with van der Waals surface area (Å²) in [5, 5.41) is 0. The van der Waals surface area contributed by atoms with Crippen LogP contribution in [-0.2, 0) is 16.0 Å². The second-order valence-electron chi connectivity index (χ2n) is 3.89. The molecule has 1 aromatic carbocycles. The average Bonchev–Trinajstić information content (AvgIpc) is 2.37. The van der Waals surface area contributed by atoms with Crippen molar-refractivity contribution < 1.29 is 14.3 Å². The summed E-state index contributed by atoms with van der Waals surface area (Å²) in [6, 6.07) is 7.03. The number of ether oxygens (including phenoxy) is 1. The molecule has 17 heavy (non-hydrogen) atoms. The summed E-state index contributed by atoms with van der Waals surface area (Å²) in [7, 11) is 1.34. The Morgan fingerprint density at radius 2 is 1.88 bits per heavy atom. The van der Waals surface area contributed by atoms with Gasteiger partial charge in [-0.3, -0.25) is 4.79 Å². The number of alkyl halides is 1. The van der Waals surface area contributed by atoms with E-state index in [4.69, 9.17) is 11.6 Å². The largest absolute Gasteiger partial charge is 0.465 e. The van der Waals surface area contributed by atoms with Crippen molar-refractivity contribution in [1.29, 1.82) is 0 Å². The fraction of sp³-hybridized carbons (Fsp3) is 0.385. The fourth-order valence-corrected chi connectivity index (χ4v) is 1.76. The van der Waals surface area contributed by atoms with Crippen molar-refractivity contribution in [2.24, 2.45) is 5.92 Å². The summed E-state index contributed by atoms with van der Waals surface area (Å²) in [5.74, 6) is -0.386. The lowest BCUT2D eigenvalue weighted by atomic mass is 9.97. The van der Waals surface area contributed by atoms with Gasteiger partial charge in [-0.15, -0.1) is 11.6 Å². The van der Waals surface area contributed by atoms with E-state index in [1.54, 1.807) is 12.1 Å². The number of benzene rings is 1. The molecule has 0 bridgehead atoms. The number of hydrogen-bond donors (Lipinski definition) is 0. The summed E-state index contributed by atoms with van der Waals surface area (Å²) < 4.78 is 4.60. The van der Waals surface area contributed by atoms with Gasteiger partial charge in [0, 0.05) is 5.92 Å². The van der Waals surface area contributed by atoms with Crippen molar-refractivity contribution in [3.63, 3.8) is 0 Å². The molecule has 1 atom stereocenters. The minimum atomic E-state index is -0.360.